The van der Waals surface area contributed by atoms with Crippen molar-refractivity contribution in [2.45, 2.75) is 149 Å². The van der Waals surface area contributed by atoms with Gasteiger partial charge in [-0.05, 0) is 18.4 Å². The number of hydrogen-bond acceptors (Lipinski definition) is 3. The third-order valence-electron chi connectivity index (χ3n) is 6.84. The van der Waals surface area contributed by atoms with Crippen LogP contribution in [0.25, 0.3) is 0 Å². The van der Waals surface area contributed by atoms with E-state index in [0.29, 0.717) is 19.4 Å². The van der Waals surface area contributed by atoms with E-state index in [0.717, 1.165) is 31.2 Å². The predicted octanol–water partition coefficient (Wildman–Crippen LogP) is 11.3. The van der Waals surface area contributed by atoms with Crippen molar-refractivity contribution in [2.75, 3.05) is 12.8 Å². The van der Waals surface area contributed by atoms with Gasteiger partial charge in [-0.25, -0.2) is 0 Å². The quantitative estimate of drug-likeness (QED) is 0.0922. The molecule has 0 spiro atoms. The van der Waals surface area contributed by atoms with Crippen LogP contribution in [0.1, 0.15) is 148 Å². The van der Waals surface area contributed by atoms with E-state index in [9.17, 15) is 4.57 Å². The van der Waals surface area contributed by atoms with Crippen LogP contribution in [-0.4, -0.2) is 12.8 Å². The van der Waals surface area contributed by atoms with Crippen molar-refractivity contribution in [1.82, 2.24) is 0 Å². The van der Waals surface area contributed by atoms with Gasteiger partial charge in [0, 0.05) is 0 Å². The second-order valence-electron chi connectivity index (χ2n) is 10.3. The number of benzene rings is 1. The maximum atomic E-state index is 13.4. The highest BCUT2D eigenvalue weighted by atomic mass is 31.2. The molecule has 3 nitrogen and oxygen atoms in total. The summed E-state index contributed by atoms with van der Waals surface area (Å²) in [5.41, 5.74) is 1.05. The van der Waals surface area contributed by atoms with E-state index in [1.54, 1.807) is 0 Å². The van der Waals surface area contributed by atoms with E-state index >= 15 is 0 Å². The first-order valence-electron chi connectivity index (χ1n) is 15.1. The standard InChI is InChI=1S/C31H57O3P/c1-3-5-7-9-11-13-15-17-19-24-28-33-35(32,34-30-31-26-22-21-23-27-31)29-25-20-18-16-14-12-10-8-6-4-2/h21-23,26-27H,3-20,24-25,28-30H2,1-2H3. The van der Waals surface area contributed by atoms with Gasteiger partial charge in [0.05, 0.1) is 19.4 Å². The summed E-state index contributed by atoms with van der Waals surface area (Å²) in [5.74, 6) is 0. The minimum atomic E-state index is -3.04. The molecule has 0 aliphatic heterocycles. The second kappa shape index (κ2) is 23.7. The van der Waals surface area contributed by atoms with Gasteiger partial charge >= 0.3 is 7.60 Å². The highest BCUT2D eigenvalue weighted by Crippen LogP contribution is 2.50. The van der Waals surface area contributed by atoms with Crippen molar-refractivity contribution < 1.29 is 13.6 Å². The van der Waals surface area contributed by atoms with Gasteiger partial charge in [0.25, 0.3) is 0 Å². The fourth-order valence-corrected chi connectivity index (χ4v) is 6.20. The SMILES string of the molecule is CCCCCCCCCCCCOP(=O)(CCCCCCCCCCCC)OCc1ccccc1. The number of rotatable bonds is 26. The van der Waals surface area contributed by atoms with Gasteiger partial charge in [0.2, 0.25) is 0 Å². The molecule has 204 valence electrons. The molecule has 0 N–H and O–H groups in total. The third kappa shape index (κ3) is 20.1. The number of hydrogen-bond donors (Lipinski definition) is 0. The molecule has 0 bridgehead atoms. The van der Waals surface area contributed by atoms with Crippen molar-refractivity contribution in [3.05, 3.63) is 35.9 Å². The molecule has 1 unspecified atom stereocenters. The van der Waals surface area contributed by atoms with Crippen LogP contribution in [0.4, 0.5) is 0 Å². The molecule has 35 heavy (non-hydrogen) atoms. The average molecular weight is 509 g/mol. The summed E-state index contributed by atoms with van der Waals surface area (Å²) in [6, 6.07) is 10.0. The molecule has 1 rings (SSSR count). The van der Waals surface area contributed by atoms with Crippen molar-refractivity contribution in [3.63, 3.8) is 0 Å². The zero-order valence-electron chi connectivity index (χ0n) is 23.3. The summed E-state index contributed by atoms with van der Waals surface area (Å²) in [7, 11) is -3.04. The lowest BCUT2D eigenvalue weighted by atomic mass is 10.1. The maximum Gasteiger partial charge on any atom is 0.330 e. The Labute approximate surface area is 218 Å². The molecule has 1 aromatic rings. The van der Waals surface area contributed by atoms with Gasteiger partial charge in [-0.15, -0.1) is 0 Å². The molecular formula is C31H57O3P. The van der Waals surface area contributed by atoms with Crippen LogP contribution in [0.2, 0.25) is 0 Å². The second-order valence-corrected chi connectivity index (χ2v) is 12.5. The van der Waals surface area contributed by atoms with Crippen molar-refractivity contribution >= 4 is 7.60 Å². The Morgan fingerprint density at radius 1 is 0.543 bits per heavy atom. The smallest absolute Gasteiger partial charge is 0.309 e. The van der Waals surface area contributed by atoms with Crippen molar-refractivity contribution in [1.29, 1.82) is 0 Å². The fraction of sp³-hybridized carbons (Fsp3) is 0.806. The van der Waals surface area contributed by atoms with Crippen LogP contribution in [0, 0.1) is 0 Å². The van der Waals surface area contributed by atoms with Crippen LogP contribution >= 0.6 is 7.60 Å². The fourth-order valence-electron chi connectivity index (χ4n) is 4.50. The first kappa shape index (κ1) is 32.4. The Morgan fingerprint density at radius 2 is 0.971 bits per heavy atom. The normalized spacial score (nSPS) is 13.2. The Bertz CT molecular complexity index is 605. The molecule has 4 heteroatoms. The highest BCUT2D eigenvalue weighted by molar-refractivity contribution is 7.53. The first-order chi connectivity index (χ1) is 17.2. The minimum absolute atomic E-state index is 0.369. The third-order valence-corrected chi connectivity index (χ3v) is 8.80. The largest absolute Gasteiger partial charge is 0.330 e. The van der Waals surface area contributed by atoms with Gasteiger partial charge in [-0.2, -0.15) is 0 Å². The van der Waals surface area contributed by atoms with Gasteiger partial charge in [-0.3, -0.25) is 4.57 Å². The summed E-state index contributed by atoms with van der Waals surface area (Å²) >= 11 is 0. The van der Waals surface area contributed by atoms with E-state index in [4.69, 9.17) is 9.05 Å². The topological polar surface area (TPSA) is 35.5 Å². The minimum Gasteiger partial charge on any atom is -0.309 e. The van der Waals surface area contributed by atoms with Crippen LogP contribution in [-0.2, 0) is 20.2 Å². The lowest BCUT2D eigenvalue weighted by Crippen LogP contribution is -2.03. The Kier molecular flexibility index (Phi) is 22.0. The average Bonchev–Trinajstić information content (AvgIpc) is 2.88. The van der Waals surface area contributed by atoms with Gasteiger partial charge < -0.3 is 9.05 Å². The highest BCUT2D eigenvalue weighted by Gasteiger charge is 2.24. The zero-order valence-corrected chi connectivity index (χ0v) is 24.2. The molecule has 0 aliphatic rings. The van der Waals surface area contributed by atoms with Crippen molar-refractivity contribution in [3.8, 4) is 0 Å². The van der Waals surface area contributed by atoms with Gasteiger partial charge in [0.15, 0.2) is 0 Å². The molecule has 0 heterocycles. The summed E-state index contributed by atoms with van der Waals surface area (Å²) in [6.07, 6.45) is 26.2. The zero-order chi connectivity index (χ0) is 25.3. The lowest BCUT2D eigenvalue weighted by molar-refractivity contribution is 0.194. The van der Waals surface area contributed by atoms with Crippen LogP contribution < -0.4 is 0 Å². The molecule has 0 saturated heterocycles. The van der Waals surface area contributed by atoms with E-state index in [-0.39, 0.29) is 0 Å². The van der Waals surface area contributed by atoms with Gasteiger partial charge in [-0.1, -0.05) is 160 Å². The summed E-state index contributed by atoms with van der Waals surface area (Å²) in [5, 5.41) is 0. The molecule has 0 fully saturated rings. The Morgan fingerprint density at radius 3 is 1.46 bits per heavy atom. The molecule has 0 aliphatic carbocycles. The Balaban J connectivity index is 2.22. The van der Waals surface area contributed by atoms with Gasteiger partial charge in [0.1, 0.15) is 0 Å². The van der Waals surface area contributed by atoms with E-state index in [1.165, 1.54) is 103 Å². The summed E-state index contributed by atoms with van der Waals surface area (Å²) < 4.78 is 25.3. The molecule has 0 aromatic heterocycles. The summed E-state index contributed by atoms with van der Waals surface area (Å²) in [4.78, 5) is 0. The monoisotopic (exact) mass is 508 g/mol. The van der Waals surface area contributed by atoms with Crippen LogP contribution in [0.5, 0.6) is 0 Å². The predicted molar refractivity (Wildman–Crippen MR) is 153 cm³/mol. The van der Waals surface area contributed by atoms with E-state index < -0.39 is 7.60 Å². The van der Waals surface area contributed by atoms with Crippen LogP contribution in [0.3, 0.4) is 0 Å². The summed E-state index contributed by atoms with van der Waals surface area (Å²) in [6.45, 7) is 5.46. The van der Waals surface area contributed by atoms with Crippen molar-refractivity contribution in [2.24, 2.45) is 0 Å². The Hall–Kier alpha value is -0.630. The molecule has 1 aromatic carbocycles. The van der Waals surface area contributed by atoms with Crippen LogP contribution in [0.15, 0.2) is 30.3 Å². The number of unbranched alkanes of at least 4 members (excludes halogenated alkanes) is 18. The molecule has 1 atom stereocenters. The maximum absolute atomic E-state index is 13.4. The van der Waals surface area contributed by atoms with E-state index in [2.05, 4.69) is 13.8 Å². The molecule has 0 amide bonds. The molecular weight excluding hydrogens is 451 g/mol. The molecule has 0 saturated carbocycles. The van der Waals surface area contributed by atoms with E-state index in [1.807, 2.05) is 30.3 Å². The molecule has 0 radical (unpaired) electrons. The first-order valence-corrected chi connectivity index (χ1v) is 16.8. The lowest BCUT2D eigenvalue weighted by Gasteiger charge is -2.19.